The monoisotopic (exact) mass is 897 g/mol. The normalized spacial score (nSPS) is 13.5. The average Bonchev–Trinajstić information content (AvgIpc) is 3.60. The lowest BCUT2D eigenvalue weighted by Crippen LogP contribution is -2.04. The van der Waals surface area contributed by atoms with E-state index in [0.717, 1.165) is 86.7 Å². The molecular formula is C64H100N2. The van der Waals surface area contributed by atoms with Crippen molar-refractivity contribution in [1.82, 2.24) is 0 Å². The zero-order valence-corrected chi connectivity index (χ0v) is 44.0. The van der Waals surface area contributed by atoms with Crippen LogP contribution in [0.25, 0.3) is 41.2 Å². The molecule has 2 aromatic rings. The maximum atomic E-state index is 12.8. The van der Waals surface area contributed by atoms with E-state index in [0.29, 0.717) is 0 Å². The van der Waals surface area contributed by atoms with Gasteiger partial charge < -0.3 is 5.53 Å². The number of benzene rings is 2. The molecule has 2 heteroatoms. The summed E-state index contributed by atoms with van der Waals surface area (Å²) in [6.07, 6.45) is 61.5. The van der Waals surface area contributed by atoms with Crippen molar-refractivity contribution >= 4 is 35.7 Å². The van der Waals surface area contributed by atoms with Crippen LogP contribution in [0, 0.1) is 0 Å². The highest BCUT2D eigenvalue weighted by molar-refractivity contribution is 5.84. The zero-order valence-electron chi connectivity index (χ0n) is 44.0. The third kappa shape index (κ3) is 23.0. The second-order valence-electron chi connectivity index (χ2n) is 19.8. The molecule has 0 saturated heterocycles. The summed E-state index contributed by atoms with van der Waals surface area (Å²) in [5.41, 5.74) is 24.7. The van der Waals surface area contributed by atoms with Crippen molar-refractivity contribution < 1.29 is 4.70 Å². The molecule has 0 aromatic heterocycles. The number of hydrogen-bond acceptors (Lipinski definition) is 0. The highest BCUT2D eigenvalue weighted by Crippen LogP contribution is 2.45. The molecule has 0 unspecified atom stereocenters. The molecule has 0 atom stereocenters. The molecule has 2 aromatic carbocycles. The van der Waals surface area contributed by atoms with Gasteiger partial charge in [0.25, 0.3) is 0 Å². The number of hydrogen-bond donors (Lipinski definition) is 0. The van der Waals surface area contributed by atoms with Crippen LogP contribution in [0.5, 0.6) is 0 Å². The Morgan fingerprint density at radius 2 is 0.561 bits per heavy atom. The summed E-state index contributed by atoms with van der Waals surface area (Å²) in [6.45, 7) is 13.8. The molecule has 1 aliphatic rings. The maximum Gasteiger partial charge on any atom is 0.211 e. The minimum atomic E-state index is 0.968. The molecular weight excluding hydrogens is 797 g/mol. The smallest absolute Gasteiger partial charge is 0.211 e. The van der Waals surface area contributed by atoms with Crippen molar-refractivity contribution in [2.75, 3.05) is 0 Å². The van der Waals surface area contributed by atoms with E-state index in [4.69, 9.17) is 0 Å². The van der Waals surface area contributed by atoms with Gasteiger partial charge in [-0.25, -0.2) is 4.70 Å². The van der Waals surface area contributed by atoms with Crippen molar-refractivity contribution in [2.24, 2.45) is 0 Å². The Morgan fingerprint density at radius 1 is 0.318 bits per heavy atom. The van der Waals surface area contributed by atoms with E-state index in [1.165, 1.54) is 187 Å². The Morgan fingerprint density at radius 3 is 0.818 bits per heavy atom. The molecule has 66 heavy (non-hydrogen) atoms. The van der Waals surface area contributed by atoms with E-state index in [-0.39, 0.29) is 0 Å². The van der Waals surface area contributed by atoms with Gasteiger partial charge in [0, 0.05) is 22.3 Å². The Labute approximate surface area is 409 Å². The number of rotatable bonds is 40. The topological polar surface area (TPSA) is 25.3 Å². The van der Waals surface area contributed by atoms with E-state index in [1.54, 1.807) is 4.70 Å². The van der Waals surface area contributed by atoms with E-state index >= 15 is 0 Å². The number of nitrogens with zero attached hydrogens (tertiary/aromatic N) is 2. The summed E-state index contributed by atoms with van der Waals surface area (Å²) in [5.74, 6) is 0. The molecule has 0 fully saturated rings. The first-order valence-corrected chi connectivity index (χ1v) is 28.4. The van der Waals surface area contributed by atoms with Crippen molar-refractivity contribution in [3.8, 4) is 0 Å². The van der Waals surface area contributed by atoms with Crippen LogP contribution in [-0.4, -0.2) is 4.70 Å². The van der Waals surface area contributed by atoms with Gasteiger partial charge in [-0.1, -0.05) is 231 Å². The van der Waals surface area contributed by atoms with Gasteiger partial charge in [-0.2, -0.15) is 0 Å². The second-order valence-corrected chi connectivity index (χ2v) is 19.8. The first-order chi connectivity index (χ1) is 32.5. The van der Waals surface area contributed by atoms with Gasteiger partial charge in [-0.15, -0.1) is 0 Å². The number of allylic oxidation sites excluding steroid dienone is 6. The first kappa shape index (κ1) is 56.8. The molecule has 0 saturated carbocycles. The molecule has 2 nitrogen and oxygen atoms in total. The SMILES string of the molecule is CCCCCCCCC=Cc1cc(C=CCCCCCCCC)cc(C2=C(CCCC)C(CCCC)=C(c3cc(C=CCCCCCCCC)cc(C=CCCCCCCCC)c3)[N+]2=[N-])c1. The summed E-state index contributed by atoms with van der Waals surface area (Å²) in [6, 6.07) is 14.1. The standard InChI is InChI=1S/C64H100N2/c1-7-13-19-23-27-31-35-39-43-55-49-56(44-40-36-32-28-24-20-14-8-2)52-59(51-55)63-61(47-17-11-5)62(48-18-12-6)64(66(63)65)60-53-57(45-41-37-33-29-25-21-15-9-3)50-58(54-60)46-42-38-34-30-26-22-16-10-4/h39-46,49-54H,7-38,47-48H2,1-6H3. The van der Waals surface area contributed by atoms with Crippen LogP contribution in [0.1, 0.15) is 293 Å². The van der Waals surface area contributed by atoms with Crippen molar-refractivity contribution in [3.63, 3.8) is 0 Å². The maximum absolute atomic E-state index is 12.8. The Hall–Kier alpha value is -3.52. The van der Waals surface area contributed by atoms with Gasteiger partial charge in [0.2, 0.25) is 11.4 Å². The fraction of sp³-hybridized carbons (Fsp3) is 0.625. The van der Waals surface area contributed by atoms with Crippen LogP contribution in [0.3, 0.4) is 0 Å². The summed E-state index contributed by atoms with van der Waals surface area (Å²) in [5, 5.41) is 0. The molecule has 0 spiro atoms. The van der Waals surface area contributed by atoms with E-state index in [1.807, 2.05) is 0 Å². The van der Waals surface area contributed by atoms with Crippen LogP contribution in [0.4, 0.5) is 0 Å². The summed E-state index contributed by atoms with van der Waals surface area (Å²) < 4.78 is 1.63. The fourth-order valence-electron chi connectivity index (χ4n) is 9.55. The minimum Gasteiger partial charge on any atom is -0.493 e. The minimum absolute atomic E-state index is 0.968. The molecule has 0 amide bonds. The van der Waals surface area contributed by atoms with Gasteiger partial charge in [-0.05, 0) is 136 Å². The predicted octanol–water partition coefficient (Wildman–Crippen LogP) is 22.3. The summed E-state index contributed by atoms with van der Waals surface area (Å²) in [7, 11) is 0. The molecule has 0 N–H and O–H groups in total. The first-order valence-electron chi connectivity index (χ1n) is 28.4. The van der Waals surface area contributed by atoms with Gasteiger partial charge in [0.05, 0.1) is 0 Å². The lowest BCUT2D eigenvalue weighted by Gasteiger charge is -2.13. The van der Waals surface area contributed by atoms with Gasteiger partial charge in [-0.3, -0.25) is 0 Å². The highest BCUT2D eigenvalue weighted by atomic mass is 15.2. The lowest BCUT2D eigenvalue weighted by molar-refractivity contribution is -0.345. The van der Waals surface area contributed by atoms with Crippen LogP contribution >= 0.6 is 0 Å². The van der Waals surface area contributed by atoms with E-state index in [9.17, 15) is 5.53 Å². The van der Waals surface area contributed by atoms with E-state index in [2.05, 4.69) is 127 Å². The van der Waals surface area contributed by atoms with Crippen LogP contribution in [0.15, 0.2) is 71.8 Å². The van der Waals surface area contributed by atoms with Gasteiger partial charge in [0.15, 0.2) is 0 Å². The van der Waals surface area contributed by atoms with E-state index < -0.39 is 0 Å². The van der Waals surface area contributed by atoms with Crippen molar-refractivity contribution in [1.29, 1.82) is 0 Å². The van der Waals surface area contributed by atoms with Gasteiger partial charge in [0.1, 0.15) is 0 Å². The quantitative estimate of drug-likeness (QED) is 0.0470. The number of unbranched alkanes of at least 4 members (excludes halogenated alkanes) is 26. The lowest BCUT2D eigenvalue weighted by atomic mass is 9.91. The summed E-state index contributed by atoms with van der Waals surface area (Å²) in [4.78, 5) is 0. The highest BCUT2D eigenvalue weighted by Gasteiger charge is 2.35. The zero-order chi connectivity index (χ0) is 47.3. The Balaban J connectivity index is 2.07. The molecule has 1 heterocycles. The van der Waals surface area contributed by atoms with Crippen molar-refractivity contribution in [2.45, 2.75) is 260 Å². The Kier molecular flexibility index (Phi) is 32.2. The third-order valence-corrected chi connectivity index (χ3v) is 13.6. The predicted molar refractivity (Wildman–Crippen MR) is 298 cm³/mol. The van der Waals surface area contributed by atoms with Crippen molar-refractivity contribution in [3.05, 3.63) is 111 Å². The summed E-state index contributed by atoms with van der Waals surface area (Å²) >= 11 is 0. The molecule has 366 valence electrons. The van der Waals surface area contributed by atoms with Crippen LogP contribution in [-0.2, 0) is 0 Å². The van der Waals surface area contributed by atoms with Crippen LogP contribution < -0.4 is 0 Å². The molecule has 0 radical (unpaired) electrons. The molecule has 0 bridgehead atoms. The third-order valence-electron chi connectivity index (χ3n) is 13.6. The molecule has 3 rings (SSSR count). The second kappa shape index (κ2) is 37.5. The molecule has 0 aliphatic carbocycles. The van der Waals surface area contributed by atoms with Gasteiger partial charge >= 0.3 is 0 Å². The average molecular weight is 898 g/mol. The fourth-order valence-corrected chi connectivity index (χ4v) is 9.55. The van der Waals surface area contributed by atoms with Crippen LogP contribution in [0.2, 0.25) is 0 Å². The largest absolute Gasteiger partial charge is 0.493 e. The Bertz CT molecular complexity index is 1570. The molecule has 1 aliphatic heterocycles.